The maximum absolute atomic E-state index is 5.91. The van der Waals surface area contributed by atoms with Crippen LogP contribution < -0.4 is 5.73 Å². The molecule has 1 aromatic heterocycles. The van der Waals surface area contributed by atoms with Crippen molar-refractivity contribution in [3.8, 4) is 0 Å². The Kier molecular flexibility index (Phi) is 3.89. The van der Waals surface area contributed by atoms with E-state index in [0.29, 0.717) is 17.7 Å². The van der Waals surface area contributed by atoms with Crippen LogP contribution in [0, 0.1) is 12.8 Å². The second-order valence-corrected chi connectivity index (χ2v) is 4.36. The molecule has 82 valence electrons. The predicted molar refractivity (Wildman–Crippen MR) is 65.8 cm³/mol. The third kappa shape index (κ3) is 2.82. The van der Waals surface area contributed by atoms with E-state index >= 15 is 0 Å². The monoisotopic (exact) mass is 204 g/mol. The molecule has 0 aliphatic heterocycles. The molecule has 0 aliphatic carbocycles. The van der Waals surface area contributed by atoms with Gasteiger partial charge in [-0.1, -0.05) is 26.0 Å². The molecular weight excluding hydrogens is 184 g/mol. The van der Waals surface area contributed by atoms with Crippen LogP contribution in [0.25, 0.3) is 0 Å². The highest BCUT2D eigenvalue weighted by Crippen LogP contribution is 2.31. The second-order valence-electron chi connectivity index (χ2n) is 4.36. The maximum atomic E-state index is 5.91. The Morgan fingerprint density at radius 1 is 1.53 bits per heavy atom. The van der Waals surface area contributed by atoms with Gasteiger partial charge in [-0.05, 0) is 36.3 Å². The number of nitrogen functional groups attached to an aromatic ring is 1. The number of nitrogens with two attached hydrogens (primary N) is 1. The molecule has 1 atom stereocenters. The van der Waals surface area contributed by atoms with E-state index in [0.717, 1.165) is 17.5 Å². The average Bonchev–Trinajstić information content (AvgIpc) is 2.18. The molecule has 0 saturated heterocycles. The van der Waals surface area contributed by atoms with Crippen LogP contribution in [0.15, 0.2) is 24.9 Å². The number of rotatable bonds is 4. The second kappa shape index (κ2) is 4.96. The van der Waals surface area contributed by atoms with E-state index < -0.39 is 0 Å². The molecule has 2 N–H and O–H groups in total. The van der Waals surface area contributed by atoms with Gasteiger partial charge >= 0.3 is 0 Å². The van der Waals surface area contributed by atoms with Gasteiger partial charge in [0, 0.05) is 6.20 Å². The van der Waals surface area contributed by atoms with E-state index in [-0.39, 0.29) is 0 Å². The van der Waals surface area contributed by atoms with Crippen LogP contribution in [0.1, 0.15) is 37.3 Å². The van der Waals surface area contributed by atoms with Crippen molar-refractivity contribution in [2.75, 3.05) is 5.73 Å². The highest BCUT2D eigenvalue weighted by atomic mass is 14.8. The summed E-state index contributed by atoms with van der Waals surface area (Å²) in [7, 11) is 0. The predicted octanol–water partition coefficient (Wildman–Crippen LogP) is 3.29. The molecule has 2 heteroatoms. The van der Waals surface area contributed by atoms with Crippen LogP contribution in [0.5, 0.6) is 0 Å². The van der Waals surface area contributed by atoms with Crippen LogP contribution >= 0.6 is 0 Å². The first kappa shape index (κ1) is 11.8. The number of aryl methyl sites for hydroxylation is 1. The molecule has 0 spiro atoms. The van der Waals surface area contributed by atoms with Crippen molar-refractivity contribution in [3.05, 3.63) is 36.0 Å². The van der Waals surface area contributed by atoms with E-state index in [2.05, 4.69) is 31.5 Å². The number of aromatic nitrogens is 1. The standard InChI is InChI=1S/C13H20N2/c1-5-6-11(9(2)3)12-7-10(4)8-15-13(12)14/h5,7-9,11H,1,6H2,2-4H3,(H2,14,15). The lowest BCUT2D eigenvalue weighted by Gasteiger charge is -2.21. The molecule has 0 aliphatic rings. The summed E-state index contributed by atoms with van der Waals surface area (Å²) in [5.74, 6) is 1.63. The van der Waals surface area contributed by atoms with Gasteiger partial charge in [-0.25, -0.2) is 4.98 Å². The van der Waals surface area contributed by atoms with Gasteiger partial charge in [0.25, 0.3) is 0 Å². The lowest BCUT2D eigenvalue weighted by Crippen LogP contribution is -2.10. The smallest absolute Gasteiger partial charge is 0.126 e. The van der Waals surface area contributed by atoms with Crippen LogP contribution in [0.3, 0.4) is 0 Å². The lowest BCUT2D eigenvalue weighted by molar-refractivity contribution is 0.503. The van der Waals surface area contributed by atoms with Crippen molar-refractivity contribution in [1.29, 1.82) is 0 Å². The Morgan fingerprint density at radius 3 is 2.73 bits per heavy atom. The van der Waals surface area contributed by atoms with Crippen LogP contribution in [-0.2, 0) is 0 Å². The van der Waals surface area contributed by atoms with Crippen molar-refractivity contribution in [2.24, 2.45) is 5.92 Å². The van der Waals surface area contributed by atoms with Gasteiger partial charge in [-0.15, -0.1) is 6.58 Å². The molecule has 2 nitrogen and oxygen atoms in total. The number of pyridine rings is 1. The van der Waals surface area contributed by atoms with E-state index in [9.17, 15) is 0 Å². The van der Waals surface area contributed by atoms with Gasteiger partial charge in [0.15, 0.2) is 0 Å². The Hall–Kier alpha value is -1.31. The first-order chi connectivity index (χ1) is 7.06. The summed E-state index contributed by atoms with van der Waals surface area (Å²) >= 11 is 0. The number of allylic oxidation sites excluding steroid dienone is 1. The Bertz CT molecular complexity index is 342. The first-order valence-electron chi connectivity index (χ1n) is 5.39. The fourth-order valence-electron chi connectivity index (χ4n) is 1.84. The van der Waals surface area contributed by atoms with Gasteiger partial charge in [0.05, 0.1) is 0 Å². The van der Waals surface area contributed by atoms with Gasteiger partial charge in [0.2, 0.25) is 0 Å². The summed E-state index contributed by atoms with van der Waals surface area (Å²) in [5.41, 5.74) is 8.23. The highest BCUT2D eigenvalue weighted by molar-refractivity contribution is 5.43. The molecule has 0 amide bonds. The quantitative estimate of drug-likeness (QED) is 0.764. The molecule has 0 radical (unpaired) electrons. The molecule has 1 rings (SSSR count). The topological polar surface area (TPSA) is 38.9 Å². The van der Waals surface area contributed by atoms with Crippen molar-refractivity contribution < 1.29 is 0 Å². The average molecular weight is 204 g/mol. The fraction of sp³-hybridized carbons (Fsp3) is 0.462. The summed E-state index contributed by atoms with van der Waals surface area (Å²) < 4.78 is 0. The molecule has 0 aromatic carbocycles. The third-order valence-corrected chi connectivity index (χ3v) is 2.71. The largest absolute Gasteiger partial charge is 0.383 e. The minimum absolute atomic E-state index is 0.426. The maximum Gasteiger partial charge on any atom is 0.126 e. The van der Waals surface area contributed by atoms with Crippen LogP contribution in [0.2, 0.25) is 0 Å². The number of hydrogen-bond acceptors (Lipinski definition) is 2. The summed E-state index contributed by atoms with van der Waals surface area (Å²) in [4.78, 5) is 4.21. The van der Waals surface area contributed by atoms with Gasteiger partial charge in [0.1, 0.15) is 5.82 Å². The van der Waals surface area contributed by atoms with Gasteiger partial charge < -0.3 is 5.73 Å². The van der Waals surface area contributed by atoms with Crippen molar-refractivity contribution in [2.45, 2.75) is 33.1 Å². The first-order valence-corrected chi connectivity index (χ1v) is 5.39. The zero-order valence-electron chi connectivity index (χ0n) is 9.83. The number of nitrogens with zero attached hydrogens (tertiary/aromatic N) is 1. The normalized spacial score (nSPS) is 12.8. The van der Waals surface area contributed by atoms with Gasteiger partial charge in [-0.3, -0.25) is 0 Å². The van der Waals surface area contributed by atoms with E-state index in [4.69, 9.17) is 5.73 Å². The van der Waals surface area contributed by atoms with Crippen molar-refractivity contribution >= 4 is 5.82 Å². The molecule has 1 heterocycles. The summed E-state index contributed by atoms with van der Waals surface area (Å²) in [6.07, 6.45) is 4.71. The van der Waals surface area contributed by atoms with Crippen LogP contribution in [-0.4, -0.2) is 4.98 Å². The number of anilines is 1. The summed E-state index contributed by atoms with van der Waals surface area (Å²) in [6, 6.07) is 2.14. The molecule has 0 saturated carbocycles. The molecule has 0 fully saturated rings. The number of hydrogen-bond donors (Lipinski definition) is 1. The van der Waals surface area contributed by atoms with E-state index in [1.807, 2.05) is 19.2 Å². The fourth-order valence-corrected chi connectivity index (χ4v) is 1.84. The zero-order valence-corrected chi connectivity index (χ0v) is 9.83. The molecule has 1 aromatic rings. The van der Waals surface area contributed by atoms with Gasteiger partial charge in [-0.2, -0.15) is 0 Å². The molecule has 0 bridgehead atoms. The Morgan fingerprint density at radius 2 is 2.20 bits per heavy atom. The molecular formula is C13H20N2. The van der Waals surface area contributed by atoms with Crippen LogP contribution in [0.4, 0.5) is 5.82 Å². The van der Waals surface area contributed by atoms with E-state index in [1.165, 1.54) is 0 Å². The minimum Gasteiger partial charge on any atom is -0.383 e. The zero-order chi connectivity index (χ0) is 11.4. The Labute approximate surface area is 92.2 Å². The molecule has 15 heavy (non-hydrogen) atoms. The van der Waals surface area contributed by atoms with Crippen molar-refractivity contribution in [1.82, 2.24) is 4.98 Å². The minimum atomic E-state index is 0.426. The highest BCUT2D eigenvalue weighted by Gasteiger charge is 2.17. The van der Waals surface area contributed by atoms with E-state index in [1.54, 1.807) is 0 Å². The Balaban J connectivity index is 3.09. The summed E-state index contributed by atoms with van der Waals surface area (Å²) in [5, 5.41) is 0. The summed E-state index contributed by atoms with van der Waals surface area (Å²) in [6.45, 7) is 10.3. The lowest BCUT2D eigenvalue weighted by atomic mass is 9.85. The SMILES string of the molecule is C=CCC(c1cc(C)cnc1N)C(C)C. The van der Waals surface area contributed by atoms with Crippen molar-refractivity contribution in [3.63, 3.8) is 0 Å². The molecule has 1 unspecified atom stereocenters. The third-order valence-electron chi connectivity index (χ3n) is 2.71.